The molecule has 1 aliphatic rings. The Labute approximate surface area is 169 Å². The molecule has 3 rings (SSSR count). The SMILES string of the molecule is CN(C)C=Nc1cc2n(CC(C)(C)C)c(=O)c(C(=O)NC3CC3)c(O)n2n1.Cl. The zero-order valence-corrected chi connectivity index (χ0v) is 17.6. The normalized spacial score (nSPS) is 14.3. The van der Waals surface area contributed by atoms with E-state index in [0.717, 1.165) is 12.8 Å². The van der Waals surface area contributed by atoms with Crippen molar-refractivity contribution in [1.82, 2.24) is 24.4 Å². The van der Waals surface area contributed by atoms with Gasteiger partial charge in [0.1, 0.15) is 5.65 Å². The van der Waals surface area contributed by atoms with Gasteiger partial charge in [0.15, 0.2) is 11.4 Å². The summed E-state index contributed by atoms with van der Waals surface area (Å²) >= 11 is 0. The van der Waals surface area contributed by atoms with Crippen LogP contribution in [-0.2, 0) is 6.54 Å². The lowest BCUT2D eigenvalue weighted by Gasteiger charge is -2.21. The van der Waals surface area contributed by atoms with Crippen LogP contribution in [0.25, 0.3) is 5.65 Å². The Kier molecular flexibility index (Phi) is 6.08. The van der Waals surface area contributed by atoms with Gasteiger partial charge in [0.25, 0.3) is 11.5 Å². The first kappa shape index (κ1) is 21.7. The number of amides is 1. The first-order chi connectivity index (χ1) is 12.6. The van der Waals surface area contributed by atoms with E-state index in [1.165, 1.54) is 9.08 Å². The summed E-state index contributed by atoms with van der Waals surface area (Å²) in [7, 11) is 3.65. The summed E-state index contributed by atoms with van der Waals surface area (Å²) in [5.74, 6) is -0.705. The minimum Gasteiger partial charge on any atom is -0.492 e. The molecule has 0 bridgehead atoms. The number of hydrogen-bond donors (Lipinski definition) is 2. The van der Waals surface area contributed by atoms with E-state index >= 15 is 0 Å². The van der Waals surface area contributed by atoms with E-state index in [1.807, 2.05) is 34.9 Å². The molecule has 0 radical (unpaired) electrons. The van der Waals surface area contributed by atoms with Gasteiger partial charge in [-0.05, 0) is 18.3 Å². The number of nitrogens with zero attached hydrogens (tertiary/aromatic N) is 5. The number of hydrogen-bond acceptors (Lipinski definition) is 5. The number of carbonyl (C=O) groups excluding carboxylic acids is 1. The average Bonchev–Trinajstić information content (AvgIpc) is 3.24. The molecule has 0 atom stereocenters. The fraction of sp³-hybridized carbons (Fsp3) is 0.556. The van der Waals surface area contributed by atoms with E-state index in [1.54, 1.807) is 17.3 Å². The van der Waals surface area contributed by atoms with E-state index in [-0.39, 0.29) is 29.4 Å². The van der Waals surface area contributed by atoms with E-state index in [2.05, 4.69) is 15.4 Å². The number of aromatic hydroxyl groups is 1. The standard InChI is InChI=1S/C18H26N6O3.ClH/c1-18(2,3)9-23-13-8-12(19-10-22(4)5)21-24(13)17(27)14(16(23)26)15(25)20-11-6-7-11;/h8,10-11,27H,6-7,9H2,1-5H3,(H,20,25);1H. The van der Waals surface area contributed by atoms with Crippen LogP contribution >= 0.6 is 12.4 Å². The molecule has 10 heteroatoms. The predicted molar refractivity (Wildman–Crippen MR) is 110 cm³/mol. The second-order valence-corrected chi connectivity index (χ2v) is 8.38. The molecule has 9 nitrogen and oxygen atoms in total. The summed E-state index contributed by atoms with van der Waals surface area (Å²) in [4.78, 5) is 31.6. The maximum atomic E-state index is 13.1. The van der Waals surface area contributed by atoms with Crippen molar-refractivity contribution < 1.29 is 9.90 Å². The van der Waals surface area contributed by atoms with Crippen LogP contribution in [0.2, 0.25) is 0 Å². The Balaban J connectivity index is 0.00000280. The Bertz CT molecular complexity index is 966. The van der Waals surface area contributed by atoms with Gasteiger partial charge in [-0.1, -0.05) is 20.8 Å². The number of aromatic nitrogens is 3. The summed E-state index contributed by atoms with van der Waals surface area (Å²) < 4.78 is 2.68. The van der Waals surface area contributed by atoms with Crippen LogP contribution in [0.5, 0.6) is 5.88 Å². The van der Waals surface area contributed by atoms with Gasteiger partial charge in [-0.3, -0.25) is 14.2 Å². The van der Waals surface area contributed by atoms with Crippen molar-refractivity contribution in [1.29, 1.82) is 0 Å². The second-order valence-electron chi connectivity index (χ2n) is 8.38. The van der Waals surface area contributed by atoms with Crippen LogP contribution in [-0.4, -0.2) is 56.6 Å². The molecule has 0 aliphatic heterocycles. The Morgan fingerprint density at radius 3 is 2.61 bits per heavy atom. The predicted octanol–water partition coefficient (Wildman–Crippen LogP) is 1.78. The highest BCUT2D eigenvalue weighted by molar-refractivity contribution is 5.96. The summed E-state index contributed by atoms with van der Waals surface area (Å²) in [6, 6.07) is 1.69. The molecule has 0 aromatic carbocycles. The zero-order chi connectivity index (χ0) is 19.9. The number of rotatable bonds is 5. The maximum Gasteiger partial charge on any atom is 0.270 e. The van der Waals surface area contributed by atoms with Gasteiger partial charge in [-0.15, -0.1) is 17.5 Å². The van der Waals surface area contributed by atoms with Gasteiger partial charge in [0.2, 0.25) is 5.88 Å². The number of fused-ring (bicyclic) bond motifs is 1. The van der Waals surface area contributed by atoms with Crippen molar-refractivity contribution in [2.45, 2.75) is 46.2 Å². The highest BCUT2D eigenvalue weighted by Crippen LogP contribution is 2.25. The van der Waals surface area contributed by atoms with Gasteiger partial charge < -0.3 is 15.3 Å². The number of halogens is 1. The van der Waals surface area contributed by atoms with Crippen molar-refractivity contribution in [3.05, 3.63) is 22.0 Å². The third kappa shape index (κ3) is 4.64. The van der Waals surface area contributed by atoms with Crippen LogP contribution in [0.4, 0.5) is 5.82 Å². The van der Waals surface area contributed by atoms with E-state index < -0.39 is 17.3 Å². The molecule has 1 saturated carbocycles. The quantitative estimate of drug-likeness (QED) is 0.577. The Hall–Kier alpha value is -2.55. The molecular formula is C18H27ClN6O3. The number of carbonyl (C=O) groups is 1. The van der Waals surface area contributed by atoms with Crippen LogP contribution in [0, 0.1) is 5.41 Å². The minimum absolute atomic E-state index is 0. The van der Waals surface area contributed by atoms with E-state index in [9.17, 15) is 14.7 Å². The monoisotopic (exact) mass is 410 g/mol. The topological polar surface area (TPSA) is 104 Å². The Morgan fingerprint density at radius 2 is 2.07 bits per heavy atom. The van der Waals surface area contributed by atoms with Crippen molar-refractivity contribution in [3.63, 3.8) is 0 Å². The number of nitrogens with one attached hydrogen (secondary N) is 1. The molecule has 0 spiro atoms. The molecule has 1 fully saturated rings. The van der Waals surface area contributed by atoms with Crippen molar-refractivity contribution in [2.24, 2.45) is 10.4 Å². The molecule has 2 aromatic rings. The van der Waals surface area contributed by atoms with Crippen LogP contribution in [0.3, 0.4) is 0 Å². The fourth-order valence-electron chi connectivity index (χ4n) is 2.70. The molecule has 28 heavy (non-hydrogen) atoms. The highest BCUT2D eigenvalue weighted by Gasteiger charge is 2.30. The largest absolute Gasteiger partial charge is 0.492 e. The third-order valence-electron chi connectivity index (χ3n) is 4.03. The van der Waals surface area contributed by atoms with Gasteiger partial charge in [-0.25, -0.2) is 4.99 Å². The lowest BCUT2D eigenvalue weighted by atomic mass is 9.97. The summed E-state index contributed by atoms with van der Waals surface area (Å²) in [6.45, 7) is 6.35. The van der Waals surface area contributed by atoms with Crippen LogP contribution in [0.15, 0.2) is 15.9 Å². The van der Waals surface area contributed by atoms with Gasteiger partial charge in [0, 0.05) is 32.7 Å². The molecular weight excluding hydrogens is 384 g/mol. The van der Waals surface area contributed by atoms with E-state index in [0.29, 0.717) is 18.0 Å². The maximum absolute atomic E-state index is 13.1. The molecule has 2 heterocycles. The molecule has 0 saturated heterocycles. The van der Waals surface area contributed by atoms with Gasteiger partial charge in [-0.2, -0.15) is 4.52 Å². The molecule has 2 N–H and O–H groups in total. The van der Waals surface area contributed by atoms with Crippen LogP contribution in [0.1, 0.15) is 44.0 Å². The van der Waals surface area contributed by atoms with E-state index in [4.69, 9.17) is 0 Å². The molecule has 0 unspecified atom stereocenters. The first-order valence-corrected chi connectivity index (χ1v) is 8.94. The molecule has 154 valence electrons. The lowest BCUT2D eigenvalue weighted by Crippen LogP contribution is -2.37. The lowest BCUT2D eigenvalue weighted by molar-refractivity contribution is 0.0944. The Morgan fingerprint density at radius 1 is 1.43 bits per heavy atom. The van der Waals surface area contributed by atoms with Gasteiger partial charge >= 0.3 is 0 Å². The summed E-state index contributed by atoms with van der Waals surface area (Å²) in [5.41, 5.74) is -0.648. The smallest absolute Gasteiger partial charge is 0.270 e. The molecule has 1 aliphatic carbocycles. The fourth-order valence-corrected chi connectivity index (χ4v) is 2.70. The average molecular weight is 411 g/mol. The zero-order valence-electron chi connectivity index (χ0n) is 16.8. The van der Waals surface area contributed by atoms with Gasteiger partial charge in [0.05, 0.1) is 6.34 Å². The van der Waals surface area contributed by atoms with Crippen molar-refractivity contribution >= 4 is 36.1 Å². The van der Waals surface area contributed by atoms with Crippen molar-refractivity contribution in [2.75, 3.05) is 14.1 Å². The minimum atomic E-state index is -0.571. The van der Waals surface area contributed by atoms with Crippen LogP contribution < -0.4 is 10.9 Å². The summed E-state index contributed by atoms with van der Waals surface area (Å²) in [5, 5.41) is 17.6. The summed E-state index contributed by atoms with van der Waals surface area (Å²) in [6.07, 6.45) is 3.35. The number of aliphatic imine (C=N–C) groups is 1. The highest BCUT2D eigenvalue weighted by atomic mass is 35.5. The van der Waals surface area contributed by atoms with Crippen molar-refractivity contribution in [3.8, 4) is 5.88 Å². The first-order valence-electron chi connectivity index (χ1n) is 8.94. The molecule has 1 amide bonds. The second kappa shape index (κ2) is 7.83. The third-order valence-corrected chi connectivity index (χ3v) is 4.03. The molecule has 2 aromatic heterocycles.